The molecular formula is C20H27FN2O3. The third-order valence-electron chi connectivity index (χ3n) is 5.67. The fourth-order valence-corrected chi connectivity index (χ4v) is 4.37. The zero-order valence-corrected chi connectivity index (χ0v) is 15.2. The van der Waals surface area contributed by atoms with E-state index in [-0.39, 0.29) is 30.3 Å². The lowest BCUT2D eigenvalue weighted by atomic mass is 9.85. The van der Waals surface area contributed by atoms with Crippen LogP contribution in [0.4, 0.5) is 4.39 Å². The second-order valence-corrected chi connectivity index (χ2v) is 7.29. The average Bonchev–Trinajstić information content (AvgIpc) is 3.01. The van der Waals surface area contributed by atoms with Gasteiger partial charge in [0.2, 0.25) is 5.91 Å². The van der Waals surface area contributed by atoms with E-state index in [1.54, 1.807) is 12.1 Å². The van der Waals surface area contributed by atoms with Crippen LogP contribution in [0.2, 0.25) is 0 Å². The smallest absolute Gasteiger partial charge is 0.323 e. The monoisotopic (exact) mass is 362 g/mol. The number of halogens is 1. The van der Waals surface area contributed by atoms with E-state index in [2.05, 4.69) is 5.32 Å². The highest BCUT2D eigenvalue weighted by atomic mass is 19.1. The lowest BCUT2D eigenvalue weighted by Crippen LogP contribution is -2.48. The van der Waals surface area contributed by atoms with Gasteiger partial charge in [0.05, 0.1) is 13.7 Å². The molecule has 1 aliphatic carbocycles. The van der Waals surface area contributed by atoms with Crippen molar-refractivity contribution < 1.29 is 18.7 Å². The summed E-state index contributed by atoms with van der Waals surface area (Å²) < 4.78 is 17.9. The number of ether oxygens (including phenoxy) is 1. The fourth-order valence-electron chi connectivity index (χ4n) is 4.37. The van der Waals surface area contributed by atoms with Crippen LogP contribution in [0.3, 0.4) is 0 Å². The van der Waals surface area contributed by atoms with Crippen molar-refractivity contribution in [2.75, 3.05) is 20.2 Å². The minimum atomic E-state index is -0.309. The van der Waals surface area contributed by atoms with Gasteiger partial charge >= 0.3 is 5.97 Å². The van der Waals surface area contributed by atoms with Crippen LogP contribution in [-0.2, 0) is 20.7 Å². The van der Waals surface area contributed by atoms with Crippen LogP contribution in [0.25, 0.3) is 0 Å². The van der Waals surface area contributed by atoms with Gasteiger partial charge in [-0.3, -0.25) is 14.5 Å². The molecule has 2 aliphatic rings. The van der Waals surface area contributed by atoms with Gasteiger partial charge in [-0.05, 0) is 49.3 Å². The van der Waals surface area contributed by atoms with Crippen LogP contribution in [0, 0.1) is 11.7 Å². The van der Waals surface area contributed by atoms with E-state index in [1.165, 1.54) is 25.7 Å². The number of nitrogens with zero attached hydrogens (tertiary/aromatic N) is 1. The summed E-state index contributed by atoms with van der Waals surface area (Å²) in [6, 6.07) is 6.28. The van der Waals surface area contributed by atoms with Crippen molar-refractivity contribution in [3.05, 3.63) is 35.6 Å². The maximum atomic E-state index is 12.9. The molecule has 2 fully saturated rings. The molecule has 0 bridgehead atoms. The van der Waals surface area contributed by atoms with Crippen LogP contribution in [-0.4, -0.2) is 49.1 Å². The van der Waals surface area contributed by atoms with E-state index in [0.29, 0.717) is 24.9 Å². The molecule has 3 atom stereocenters. The zero-order valence-electron chi connectivity index (χ0n) is 15.2. The summed E-state index contributed by atoms with van der Waals surface area (Å²) in [4.78, 5) is 26.6. The van der Waals surface area contributed by atoms with Gasteiger partial charge in [-0.1, -0.05) is 25.0 Å². The molecule has 1 saturated carbocycles. The third-order valence-corrected chi connectivity index (χ3v) is 5.67. The van der Waals surface area contributed by atoms with Crippen molar-refractivity contribution in [1.82, 2.24) is 10.2 Å². The summed E-state index contributed by atoms with van der Waals surface area (Å²) in [6.45, 7) is 0.722. The van der Waals surface area contributed by atoms with Gasteiger partial charge in [-0.2, -0.15) is 0 Å². The van der Waals surface area contributed by atoms with Gasteiger partial charge < -0.3 is 10.1 Å². The number of amides is 1. The van der Waals surface area contributed by atoms with E-state index in [0.717, 1.165) is 31.2 Å². The van der Waals surface area contributed by atoms with Crippen LogP contribution in [0.15, 0.2) is 24.3 Å². The summed E-state index contributed by atoms with van der Waals surface area (Å²) in [5.41, 5.74) is 0.979. The van der Waals surface area contributed by atoms with Crippen molar-refractivity contribution in [3.63, 3.8) is 0 Å². The number of hydrogen-bond donors (Lipinski definition) is 1. The largest absolute Gasteiger partial charge is 0.468 e. The molecule has 1 amide bonds. The number of carbonyl (C=O) groups is 2. The Balaban J connectivity index is 1.53. The number of fused-ring (bicyclic) bond motifs is 1. The number of rotatable bonds is 6. The number of benzene rings is 1. The highest BCUT2D eigenvalue weighted by Gasteiger charge is 2.46. The first kappa shape index (κ1) is 18.8. The topological polar surface area (TPSA) is 58.6 Å². The minimum Gasteiger partial charge on any atom is -0.468 e. The Labute approximate surface area is 153 Å². The number of likely N-dealkylation sites (tertiary alicyclic amines) is 1. The first-order chi connectivity index (χ1) is 12.6. The van der Waals surface area contributed by atoms with Crippen molar-refractivity contribution in [1.29, 1.82) is 0 Å². The highest BCUT2D eigenvalue weighted by Crippen LogP contribution is 2.39. The lowest BCUT2D eigenvalue weighted by molar-refractivity contribution is -0.146. The molecule has 1 heterocycles. The number of esters is 1. The highest BCUT2D eigenvalue weighted by molar-refractivity contribution is 5.81. The predicted octanol–water partition coefficient (Wildman–Crippen LogP) is 2.29. The van der Waals surface area contributed by atoms with Gasteiger partial charge in [-0.15, -0.1) is 0 Å². The first-order valence-corrected chi connectivity index (χ1v) is 9.43. The quantitative estimate of drug-likeness (QED) is 0.789. The van der Waals surface area contributed by atoms with E-state index < -0.39 is 0 Å². The van der Waals surface area contributed by atoms with Crippen LogP contribution in [0.1, 0.15) is 37.7 Å². The second-order valence-electron chi connectivity index (χ2n) is 7.29. The standard InChI is InChI=1S/C20H27FN2O3/c1-26-20(25)18-12-15-4-2-3-5-17(15)23(18)13-19(24)22-11-10-14-6-8-16(21)9-7-14/h6-9,15,17-18H,2-5,10-13H2,1H3,(H,22,24)/t15-,17+,18+/m1/s1. The molecule has 1 aromatic rings. The van der Waals surface area contributed by atoms with Gasteiger partial charge in [0.15, 0.2) is 0 Å². The molecule has 142 valence electrons. The summed E-state index contributed by atoms with van der Waals surface area (Å²) in [6.07, 6.45) is 5.96. The molecule has 1 N–H and O–H groups in total. The van der Waals surface area contributed by atoms with E-state index >= 15 is 0 Å². The average molecular weight is 362 g/mol. The van der Waals surface area contributed by atoms with E-state index in [1.807, 2.05) is 4.90 Å². The molecular weight excluding hydrogens is 335 g/mol. The molecule has 26 heavy (non-hydrogen) atoms. The molecule has 1 saturated heterocycles. The molecule has 0 radical (unpaired) electrons. The van der Waals surface area contributed by atoms with Crippen molar-refractivity contribution >= 4 is 11.9 Å². The molecule has 6 heteroatoms. The van der Waals surface area contributed by atoms with Gasteiger partial charge in [-0.25, -0.2) is 4.39 Å². The zero-order chi connectivity index (χ0) is 18.5. The van der Waals surface area contributed by atoms with E-state index in [4.69, 9.17) is 4.74 Å². The van der Waals surface area contributed by atoms with Crippen molar-refractivity contribution in [2.45, 2.75) is 50.6 Å². The Hall–Kier alpha value is -1.95. The molecule has 1 aliphatic heterocycles. The van der Waals surface area contributed by atoms with Crippen LogP contribution in [0.5, 0.6) is 0 Å². The summed E-state index contributed by atoms with van der Waals surface area (Å²) >= 11 is 0. The summed E-state index contributed by atoms with van der Waals surface area (Å²) in [5, 5.41) is 2.92. The SMILES string of the molecule is COC(=O)[C@@H]1C[C@H]2CCCC[C@@H]2N1CC(=O)NCCc1ccc(F)cc1. The van der Waals surface area contributed by atoms with Crippen molar-refractivity contribution in [2.24, 2.45) is 5.92 Å². The molecule has 5 nitrogen and oxygen atoms in total. The molecule has 1 aromatic carbocycles. The van der Waals surface area contributed by atoms with Gasteiger partial charge in [0.25, 0.3) is 0 Å². The van der Waals surface area contributed by atoms with E-state index in [9.17, 15) is 14.0 Å². The fraction of sp³-hybridized carbons (Fsp3) is 0.600. The Morgan fingerprint density at radius 3 is 2.69 bits per heavy atom. The summed E-state index contributed by atoms with van der Waals surface area (Å²) in [7, 11) is 1.41. The lowest BCUT2D eigenvalue weighted by Gasteiger charge is -2.32. The molecule has 0 unspecified atom stereocenters. The summed E-state index contributed by atoms with van der Waals surface area (Å²) in [5.74, 6) is -0.0895. The second kappa shape index (κ2) is 8.62. The molecule has 0 aromatic heterocycles. The number of hydrogen-bond acceptors (Lipinski definition) is 4. The van der Waals surface area contributed by atoms with Crippen LogP contribution >= 0.6 is 0 Å². The number of nitrogens with one attached hydrogen (secondary N) is 1. The maximum absolute atomic E-state index is 12.9. The Morgan fingerprint density at radius 2 is 1.96 bits per heavy atom. The Kier molecular flexibility index (Phi) is 6.25. The van der Waals surface area contributed by atoms with Crippen LogP contribution < -0.4 is 5.32 Å². The van der Waals surface area contributed by atoms with Crippen molar-refractivity contribution in [3.8, 4) is 0 Å². The maximum Gasteiger partial charge on any atom is 0.323 e. The minimum absolute atomic E-state index is 0.0766. The number of methoxy groups -OCH3 is 1. The molecule has 3 rings (SSSR count). The predicted molar refractivity (Wildman–Crippen MR) is 96.0 cm³/mol. The van der Waals surface area contributed by atoms with Gasteiger partial charge in [0.1, 0.15) is 11.9 Å². The first-order valence-electron chi connectivity index (χ1n) is 9.43. The number of carbonyl (C=O) groups excluding carboxylic acids is 2. The Morgan fingerprint density at radius 1 is 1.23 bits per heavy atom. The normalized spacial score (nSPS) is 25.5. The molecule has 0 spiro atoms. The Bertz CT molecular complexity index is 634. The van der Waals surface area contributed by atoms with Gasteiger partial charge in [0, 0.05) is 12.6 Å². The third kappa shape index (κ3) is 4.41.